The predicted octanol–water partition coefficient (Wildman–Crippen LogP) is 4.02. The minimum absolute atomic E-state index is 0.0307. The third-order valence-corrected chi connectivity index (χ3v) is 3.83. The van der Waals surface area contributed by atoms with Gasteiger partial charge >= 0.3 is 0 Å². The molecule has 118 valence electrons. The van der Waals surface area contributed by atoms with Crippen molar-refractivity contribution in [1.29, 1.82) is 5.26 Å². The summed E-state index contributed by atoms with van der Waals surface area (Å²) in [4.78, 5) is 10.3. The van der Waals surface area contributed by atoms with Crippen LogP contribution >= 0.6 is 0 Å². The van der Waals surface area contributed by atoms with E-state index < -0.39 is 4.92 Å². The number of methoxy groups -OCH3 is 1. The second-order valence-corrected chi connectivity index (χ2v) is 5.23. The van der Waals surface area contributed by atoms with E-state index in [0.29, 0.717) is 6.42 Å². The fraction of sp³-hybridized carbons (Fsp3) is 0.278. The van der Waals surface area contributed by atoms with E-state index in [-0.39, 0.29) is 11.6 Å². The summed E-state index contributed by atoms with van der Waals surface area (Å²) < 4.78 is 5.31. The smallest absolute Gasteiger partial charge is 0.269 e. The van der Waals surface area contributed by atoms with Gasteiger partial charge in [-0.3, -0.25) is 10.1 Å². The van der Waals surface area contributed by atoms with E-state index in [9.17, 15) is 15.4 Å². The van der Waals surface area contributed by atoms with Crippen molar-refractivity contribution in [2.45, 2.75) is 25.7 Å². The first-order chi connectivity index (χ1) is 11.1. The van der Waals surface area contributed by atoms with Gasteiger partial charge < -0.3 is 4.74 Å². The molecule has 0 amide bonds. The van der Waals surface area contributed by atoms with Crippen molar-refractivity contribution in [1.82, 2.24) is 0 Å². The second-order valence-electron chi connectivity index (χ2n) is 5.23. The molecule has 5 nitrogen and oxygen atoms in total. The Balaban J connectivity index is 2.22. The summed E-state index contributed by atoms with van der Waals surface area (Å²) in [5.74, 6) is 0.508. The van der Waals surface area contributed by atoms with E-state index in [4.69, 9.17) is 4.74 Å². The molecule has 0 N–H and O–H groups in total. The first kappa shape index (κ1) is 16.5. The maximum Gasteiger partial charge on any atom is 0.269 e. The minimum atomic E-state index is -0.442. The Morgan fingerprint density at radius 3 is 2.48 bits per heavy atom. The van der Waals surface area contributed by atoms with Crippen molar-refractivity contribution in [3.8, 4) is 11.8 Å². The molecule has 0 spiro atoms. The normalized spacial score (nSPS) is 11.5. The van der Waals surface area contributed by atoms with Crippen molar-refractivity contribution < 1.29 is 9.66 Å². The van der Waals surface area contributed by atoms with Crippen LogP contribution in [-0.2, 0) is 12.8 Å². The molecule has 0 bridgehead atoms. The zero-order valence-corrected chi connectivity index (χ0v) is 13.2. The van der Waals surface area contributed by atoms with Gasteiger partial charge in [0.05, 0.1) is 24.0 Å². The largest absolute Gasteiger partial charge is 0.496 e. The Bertz CT molecular complexity index is 733. The van der Waals surface area contributed by atoms with Crippen LogP contribution in [0.2, 0.25) is 0 Å². The van der Waals surface area contributed by atoms with Crippen LogP contribution < -0.4 is 4.74 Å². The number of nitro benzene ring substituents is 1. The van der Waals surface area contributed by atoms with Crippen LogP contribution in [0.25, 0.3) is 0 Å². The molecule has 1 unspecified atom stereocenters. The van der Waals surface area contributed by atoms with E-state index in [1.165, 1.54) is 12.1 Å². The molecule has 2 rings (SSSR count). The van der Waals surface area contributed by atoms with E-state index in [1.807, 2.05) is 12.1 Å². The Hall–Kier alpha value is -2.87. The summed E-state index contributed by atoms with van der Waals surface area (Å²) in [5.41, 5.74) is 2.97. The fourth-order valence-corrected chi connectivity index (χ4v) is 2.54. The molecule has 2 aromatic rings. The molecule has 0 aliphatic heterocycles. The molecule has 0 aliphatic carbocycles. The van der Waals surface area contributed by atoms with Gasteiger partial charge in [-0.25, -0.2) is 0 Å². The van der Waals surface area contributed by atoms with Gasteiger partial charge in [-0.05, 0) is 35.6 Å². The van der Waals surface area contributed by atoms with Gasteiger partial charge in [-0.2, -0.15) is 5.26 Å². The molecule has 0 saturated heterocycles. The summed E-state index contributed by atoms with van der Waals surface area (Å²) in [6.07, 6.45) is 1.41. The molecule has 23 heavy (non-hydrogen) atoms. The number of rotatable bonds is 6. The van der Waals surface area contributed by atoms with Gasteiger partial charge in [-0.15, -0.1) is 0 Å². The number of nitriles is 1. The minimum Gasteiger partial charge on any atom is -0.496 e. The SMILES string of the molecule is CCc1cc(CC(C#N)c2ccc([N+](=O)[O-])cc2)ccc1OC. The zero-order chi connectivity index (χ0) is 16.8. The molecule has 0 aromatic heterocycles. The molecule has 0 heterocycles. The lowest BCUT2D eigenvalue weighted by atomic mass is 9.92. The van der Waals surface area contributed by atoms with Gasteiger partial charge in [0.2, 0.25) is 0 Å². The molecular formula is C18H18N2O3. The van der Waals surface area contributed by atoms with Crippen LogP contribution in [-0.4, -0.2) is 12.0 Å². The Labute approximate surface area is 135 Å². The molecule has 0 aliphatic rings. The summed E-state index contributed by atoms with van der Waals surface area (Å²) in [6.45, 7) is 2.06. The topological polar surface area (TPSA) is 76.2 Å². The van der Waals surface area contributed by atoms with Crippen LogP contribution in [0, 0.1) is 21.4 Å². The predicted molar refractivity (Wildman–Crippen MR) is 87.5 cm³/mol. The number of nitro groups is 1. The van der Waals surface area contributed by atoms with Gasteiger partial charge in [0.25, 0.3) is 5.69 Å². The third kappa shape index (κ3) is 3.86. The molecular weight excluding hydrogens is 292 g/mol. The number of hydrogen-bond donors (Lipinski definition) is 0. The molecule has 0 saturated carbocycles. The lowest BCUT2D eigenvalue weighted by Gasteiger charge is -2.12. The van der Waals surface area contributed by atoms with Crippen LogP contribution in [0.5, 0.6) is 5.75 Å². The van der Waals surface area contributed by atoms with Crippen molar-refractivity contribution >= 4 is 5.69 Å². The second kappa shape index (κ2) is 7.41. The zero-order valence-electron chi connectivity index (χ0n) is 13.2. The Morgan fingerprint density at radius 1 is 1.26 bits per heavy atom. The van der Waals surface area contributed by atoms with E-state index in [2.05, 4.69) is 19.1 Å². The number of non-ortho nitro benzene ring substituents is 1. The summed E-state index contributed by atoms with van der Waals surface area (Å²) in [6, 6.07) is 14.4. The average Bonchev–Trinajstić information content (AvgIpc) is 2.59. The molecule has 0 fully saturated rings. The van der Waals surface area contributed by atoms with Gasteiger partial charge in [0.15, 0.2) is 0 Å². The highest BCUT2D eigenvalue weighted by Gasteiger charge is 2.14. The van der Waals surface area contributed by atoms with Crippen LogP contribution in [0.4, 0.5) is 5.69 Å². The van der Waals surface area contributed by atoms with Crippen LogP contribution in [0.1, 0.15) is 29.5 Å². The first-order valence-corrected chi connectivity index (χ1v) is 7.38. The average molecular weight is 310 g/mol. The maximum absolute atomic E-state index is 10.7. The number of aryl methyl sites for hydroxylation is 1. The summed E-state index contributed by atoms with van der Waals surface area (Å²) in [7, 11) is 1.64. The highest BCUT2D eigenvalue weighted by atomic mass is 16.6. The lowest BCUT2D eigenvalue weighted by molar-refractivity contribution is -0.384. The van der Waals surface area contributed by atoms with Gasteiger partial charge in [0.1, 0.15) is 5.75 Å². The van der Waals surface area contributed by atoms with E-state index in [1.54, 1.807) is 19.2 Å². The highest BCUT2D eigenvalue weighted by Crippen LogP contribution is 2.26. The van der Waals surface area contributed by atoms with Crippen molar-refractivity contribution in [3.63, 3.8) is 0 Å². The van der Waals surface area contributed by atoms with Gasteiger partial charge in [-0.1, -0.05) is 31.2 Å². The van der Waals surface area contributed by atoms with E-state index >= 15 is 0 Å². The number of nitrogens with zero attached hydrogens (tertiary/aromatic N) is 2. The maximum atomic E-state index is 10.7. The standard InChI is InChI=1S/C18H18N2O3/c1-3-14-10-13(4-9-18(14)23-2)11-16(12-19)15-5-7-17(8-6-15)20(21)22/h4-10,16H,3,11H2,1-2H3. The van der Waals surface area contributed by atoms with Crippen molar-refractivity contribution in [2.24, 2.45) is 0 Å². The molecule has 2 aromatic carbocycles. The molecule has 1 atom stereocenters. The van der Waals surface area contributed by atoms with Crippen molar-refractivity contribution in [3.05, 3.63) is 69.3 Å². The Morgan fingerprint density at radius 2 is 1.96 bits per heavy atom. The number of ether oxygens (including phenoxy) is 1. The third-order valence-electron chi connectivity index (χ3n) is 3.83. The van der Waals surface area contributed by atoms with E-state index in [0.717, 1.165) is 28.9 Å². The quantitative estimate of drug-likeness (QED) is 0.596. The number of hydrogen-bond acceptors (Lipinski definition) is 4. The summed E-state index contributed by atoms with van der Waals surface area (Å²) in [5, 5.41) is 20.1. The first-order valence-electron chi connectivity index (χ1n) is 7.38. The Kier molecular flexibility index (Phi) is 5.32. The van der Waals surface area contributed by atoms with Crippen LogP contribution in [0.15, 0.2) is 42.5 Å². The molecule has 0 radical (unpaired) electrons. The summed E-state index contributed by atoms with van der Waals surface area (Å²) >= 11 is 0. The highest BCUT2D eigenvalue weighted by molar-refractivity contribution is 5.40. The molecule has 5 heteroatoms. The lowest BCUT2D eigenvalue weighted by Crippen LogP contribution is -2.02. The van der Waals surface area contributed by atoms with Gasteiger partial charge in [0, 0.05) is 12.1 Å². The monoisotopic (exact) mass is 310 g/mol. The van der Waals surface area contributed by atoms with Crippen molar-refractivity contribution in [2.75, 3.05) is 7.11 Å². The number of benzene rings is 2. The fourth-order valence-electron chi connectivity index (χ4n) is 2.54. The van der Waals surface area contributed by atoms with Crippen LogP contribution in [0.3, 0.4) is 0 Å².